The van der Waals surface area contributed by atoms with Gasteiger partial charge in [0.1, 0.15) is 6.04 Å². The summed E-state index contributed by atoms with van der Waals surface area (Å²) in [5, 5.41) is 2.97. The normalized spacial score (nSPS) is 25.0. The first-order chi connectivity index (χ1) is 10.3. The van der Waals surface area contributed by atoms with Crippen LogP contribution in [-0.4, -0.2) is 67.4 Å². The summed E-state index contributed by atoms with van der Waals surface area (Å²) in [6, 6.07) is -0.568. The molecule has 0 bridgehead atoms. The maximum Gasteiger partial charge on any atom is 0.238 e. The average Bonchev–Trinajstić information content (AvgIpc) is 2.47. The molecule has 2 aliphatic heterocycles. The molecule has 0 aromatic heterocycles. The van der Waals surface area contributed by atoms with Crippen LogP contribution in [0.2, 0.25) is 0 Å². The lowest BCUT2D eigenvalue weighted by Crippen LogP contribution is -2.55. The second-order valence-electron chi connectivity index (χ2n) is 6.17. The second kappa shape index (κ2) is 6.95. The van der Waals surface area contributed by atoms with Gasteiger partial charge in [-0.05, 0) is 25.7 Å². The van der Waals surface area contributed by atoms with E-state index in [1.807, 2.05) is 0 Å². The Balaban J connectivity index is 1.92. The van der Waals surface area contributed by atoms with Crippen molar-refractivity contribution in [1.82, 2.24) is 14.5 Å². The smallest absolute Gasteiger partial charge is 0.238 e. The molecule has 2 rings (SSSR count). The molecule has 0 radical (unpaired) electrons. The molecule has 0 aromatic rings. The molecular weight excluding hydrogens is 306 g/mol. The summed E-state index contributed by atoms with van der Waals surface area (Å²) in [5.41, 5.74) is 0. The van der Waals surface area contributed by atoms with E-state index in [1.165, 1.54) is 4.31 Å². The molecule has 8 heteroatoms. The number of rotatable bonds is 3. The van der Waals surface area contributed by atoms with Gasteiger partial charge in [-0.25, -0.2) is 8.42 Å². The number of piperidine rings is 2. The summed E-state index contributed by atoms with van der Waals surface area (Å²) in [6.45, 7) is 3.24. The Labute approximate surface area is 132 Å². The Kier molecular flexibility index (Phi) is 5.44. The molecule has 2 saturated heterocycles. The molecule has 0 saturated carbocycles. The lowest BCUT2D eigenvalue weighted by Gasteiger charge is -2.36. The molecule has 2 fully saturated rings. The fourth-order valence-corrected chi connectivity index (χ4v) is 4.32. The van der Waals surface area contributed by atoms with Crippen LogP contribution in [0.25, 0.3) is 0 Å². The Hall–Kier alpha value is -1.15. The highest BCUT2D eigenvalue weighted by Gasteiger charge is 2.35. The molecule has 1 N–H and O–H groups in total. The quantitative estimate of drug-likeness (QED) is 0.784. The number of amides is 2. The number of nitrogens with one attached hydrogen (secondary N) is 1. The van der Waals surface area contributed by atoms with Crippen LogP contribution in [0.15, 0.2) is 0 Å². The number of hydrogen-bond donors (Lipinski definition) is 1. The van der Waals surface area contributed by atoms with Crippen LogP contribution in [0.3, 0.4) is 0 Å². The summed E-state index contributed by atoms with van der Waals surface area (Å²) < 4.78 is 24.9. The zero-order valence-corrected chi connectivity index (χ0v) is 14.1. The summed E-state index contributed by atoms with van der Waals surface area (Å²) >= 11 is 0. The van der Waals surface area contributed by atoms with Gasteiger partial charge in [0.05, 0.1) is 6.26 Å². The van der Waals surface area contributed by atoms with Crippen LogP contribution in [0.1, 0.15) is 39.0 Å². The number of carbonyl (C=O) groups excluding carboxylic acids is 2. The molecular formula is C14H25N3O4S. The fraction of sp³-hybridized carbons (Fsp3) is 0.857. The minimum atomic E-state index is -3.36. The molecule has 0 spiro atoms. The van der Waals surface area contributed by atoms with Crippen LogP contribution < -0.4 is 5.32 Å². The summed E-state index contributed by atoms with van der Waals surface area (Å²) in [4.78, 5) is 25.5. The summed E-state index contributed by atoms with van der Waals surface area (Å²) in [5.74, 6) is -0.147. The van der Waals surface area contributed by atoms with E-state index in [2.05, 4.69) is 5.32 Å². The lowest BCUT2D eigenvalue weighted by molar-refractivity contribution is -0.130. The van der Waals surface area contributed by atoms with Crippen molar-refractivity contribution in [3.8, 4) is 0 Å². The molecule has 22 heavy (non-hydrogen) atoms. The van der Waals surface area contributed by atoms with E-state index in [-0.39, 0.29) is 17.9 Å². The van der Waals surface area contributed by atoms with Gasteiger partial charge in [0.15, 0.2) is 0 Å². The predicted molar refractivity (Wildman–Crippen MR) is 82.6 cm³/mol. The van der Waals surface area contributed by atoms with Gasteiger partial charge in [0, 0.05) is 32.6 Å². The van der Waals surface area contributed by atoms with E-state index in [0.717, 1.165) is 31.9 Å². The van der Waals surface area contributed by atoms with Crippen molar-refractivity contribution in [3.63, 3.8) is 0 Å². The van der Waals surface area contributed by atoms with Crippen molar-refractivity contribution in [2.75, 3.05) is 25.9 Å². The second-order valence-corrected chi connectivity index (χ2v) is 8.11. The van der Waals surface area contributed by atoms with Crippen molar-refractivity contribution >= 4 is 21.8 Å². The van der Waals surface area contributed by atoms with E-state index in [4.69, 9.17) is 0 Å². The van der Waals surface area contributed by atoms with Gasteiger partial charge in [-0.15, -0.1) is 0 Å². The average molecular weight is 331 g/mol. The molecule has 7 nitrogen and oxygen atoms in total. The third kappa shape index (κ3) is 4.19. The van der Waals surface area contributed by atoms with Crippen LogP contribution in [-0.2, 0) is 19.6 Å². The van der Waals surface area contributed by atoms with Gasteiger partial charge < -0.3 is 10.2 Å². The largest absolute Gasteiger partial charge is 0.352 e. The first kappa shape index (κ1) is 17.2. The third-order valence-corrected chi connectivity index (χ3v) is 5.76. The minimum absolute atomic E-state index is 0.0198. The van der Waals surface area contributed by atoms with Crippen molar-refractivity contribution < 1.29 is 18.0 Å². The first-order valence-electron chi connectivity index (χ1n) is 7.81. The molecule has 2 aliphatic rings. The Morgan fingerprint density at radius 2 is 1.68 bits per heavy atom. The lowest BCUT2D eigenvalue weighted by atomic mass is 10.0. The Morgan fingerprint density at radius 1 is 1.05 bits per heavy atom. The van der Waals surface area contributed by atoms with E-state index >= 15 is 0 Å². The van der Waals surface area contributed by atoms with Crippen molar-refractivity contribution in [1.29, 1.82) is 0 Å². The van der Waals surface area contributed by atoms with Gasteiger partial charge in [-0.3, -0.25) is 9.59 Å². The van der Waals surface area contributed by atoms with E-state index in [1.54, 1.807) is 11.8 Å². The molecule has 1 atom stereocenters. The highest BCUT2D eigenvalue weighted by molar-refractivity contribution is 7.88. The maximum absolute atomic E-state index is 12.4. The van der Waals surface area contributed by atoms with E-state index in [0.29, 0.717) is 26.1 Å². The predicted octanol–water partition coefficient (Wildman–Crippen LogP) is -0.0724. The van der Waals surface area contributed by atoms with Crippen LogP contribution in [0, 0.1) is 0 Å². The number of carbonyl (C=O) groups is 2. The fourth-order valence-electron chi connectivity index (χ4n) is 3.20. The molecule has 126 valence electrons. The SMILES string of the molecule is CC(=O)N1CCC(NC(=O)[C@@H]2CCCCN2S(C)(=O)=O)CC1. The first-order valence-corrected chi connectivity index (χ1v) is 9.66. The molecule has 0 aromatic carbocycles. The highest BCUT2D eigenvalue weighted by Crippen LogP contribution is 2.21. The molecule has 0 aliphatic carbocycles. The monoisotopic (exact) mass is 331 g/mol. The van der Waals surface area contributed by atoms with Crippen molar-refractivity contribution in [3.05, 3.63) is 0 Å². The number of hydrogen-bond acceptors (Lipinski definition) is 4. The van der Waals surface area contributed by atoms with Gasteiger partial charge in [0.25, 0.3) is 0 Å². The van der Waals surface area contributed by atoms with Crippen LogP contribution in [0.4, 0.5) is 0 Å². The van der Waals surface area contributed by atoms with E-state index < -0.39 is 16.1 Å². The van der Waals surface area contributed by atoms with Gasteiger partial charge in [-0.2, -0.15) is 4.31 Å². The van der Waals surface area contributed by atoms with Crippen LogP contribution >= 0.6 is 0 Å². The third-order valence-electron chi connectivity index (χ3n) is 4.47. The summed E-state index contributed by atoms with van der Waals surface area (Å²) in [7, 11) is -3.36. The Bertz CT molecular complexity index is 526. The zero-order chi connectivity index (χ0) is 16.3. The number of likely N-dealkylation sites (tertiary alicyclic amines) is 1. The van der Waals surface area contributed by atoms with Crippen LogP contribution in [0.5, 0.6) is 0 Å². The zero-order valence-electron chi connectivity index (χ0n) is 13.2. The standard InChI is InChI=1S/C14H25N3O4S/c1-11(18)16-9-6-12(7-10-16)15-14(19)13-5-3-4-8-17(13)22(2,20)21/h12-13H,3-10H2,1-2H3,(H,15,19)/t13-/m0/s1. The topological polar surface area (TPSA) is 86.8 Å². The molecule has 2 heterocycles. The highest BCUT2D eigenvalue weighted by atomic mass is 32.2. The number of sulfonamides is 1. The molecule has 0 unspecified atom stereocenters. The number of nitrogens with zero attached hydrogens (tertiary/aromatic N) is 2. The summed E-state index contributed by atoms with van der Waals surface area (Å²) in [6.07, 6.45) is 4.84. The van der Waals surface area contributed by atoms with Gasteiger partial charge >= 0.3 is 0 Å². The van der Waals surface area contributed by atoms with Crippen molar-refractivity contribution in [2.45, 2.75) is 51.1 Å². The molecule has 2 amide bonds. The Morgan fingerprint density at radius 3 is 2.23 bits per heavy atom. The minimum Gasteiger partial charge on any atom is -0.352 e. The van der Waals surface area contributed by atoms with Gasteiger partial charge in [-0.1, -0.05) is 6.42 Å². The maximum atomic E-state index is 12.4. The van der Waals surface area contributed by atoms with E-state index in [9.17, 15) is 18.0 Å². The van der Waals surface area contributed by atoms with Gasteiger partial charge in [0.2, 0.25) is 21.8 Å². The van der Waals surface area contributed by atoms with Crippen molar-refractivity contribution in [2.24, 2.45) is 0 Å².